The molecule has 2 rings (SSSR count). The molecule has 30 heavy (non-hydrogen) atoms. The second-order valence-electron chi connectivity index (χ2n) is 6.31. The van der Waals surface area contributed by atoms with E-state index in [1.807, 2.05) is 71.9 Å². The van der Waals surface area contributed by atoms with Crippen LogP contribution in [0, 0.1) is 17.7 Å². The summed E-state index contributed by atoms with van der Waals surface area (Å²) in [5, 5.41) is 0. The minimum atomic E-state index is -0.164. The van der Waals surface area contributed by atoms with Gasteiger partial charge in [-0.05, 0) is 77.6 Å². The van der Waals surface area contributed by atoms with Gasteiger partial charge in [0, 0.05) is 31.9 Å². The Hall–Kier alpha value is -2.25. The maximum atomic E-state index is 12.7. The van der Waals surface area contributed by atoms with Crippen molar-refractivity contribution in [3.8, 4) is 11.8 Å². The number of likely N-dealkylation sites (N-methyl/N-ethyl adjacent to an activating group) is 1. The Balaban J connectivity index is 0. The zero-order valence-corrected chi connectivity index (χ0v) is 20.5. The fourth-order valence-corrected chi connectivity index (χ4v) is 2.33. The third kappa shape index (κ3) is 15.6. The fourth-order valence-electron chi connectivity index (χ4n) is 2.33. The van der Waals surface area contributed by atoms with Crippen molar-refractivity contribution in [1.29, 1.82) is 0 Å². The predicted octanol–water partition coefficient (Wildman–Crippen LogP) is 6.53. The van der Waals surface area contributed by atoms with Gasteiger partial charge in [0.05, 0.1) is 6.61 Å². The molecule has 1 heterocycles. The van der Waals surface area contributed by atoms with Crippen molar-refractivity contribution in [3.63, 3.8) is 0 Å². The number of piperazine rings is 1. The molecule has 0 bridgehead atoms. The Kier molecular flexibility index (Phi) is 21.4. The first-order valence-electron chi connectivity index (χ1n) is 11.0. The average molecular weight is 419 g/mol. The number of hydrogen-bond acceptors (Lipinski definition) is 3. The van der Waals surface area contributed by atoms with E-state index in [0.717, 1.165) is 50.7 Å². The van der Waals surface area contributed by atoms with Gasteiger partial charge in [0.25, 0.3) is 0 Å². The molecule has 1 aliphatic rings. The number of hydrogen-bond donors (Lipinski definition) is 0. The average Bonchev–Trinajstić information content (AvgIpc) is 2.80. The van der Waals surface area contributed by atoms with Gasteiger partial charge in [-0.15, -0.1) is 11.8 Å². The van der Waals surface area contributed by atoms with Crippen LogP contribution in [-0.2, 0) is 4.74 Å². The van der Waals surface area contributed by atoms with Gasteiger partial charge in [0.2, 0.25) is 0 Å². The van der Waals surface area contributed by atoms with Crippen molar-refractivity contribution < 1.29 is 9.13 Å². The molecule has 1 aromatic rings. The lowest BCUT2D eigenvalue weighted by Gasteiger charge is -2.34. The van der Waals surface area contributed by atoms with E-state index in [1.54, 1.807) is 0 Å². The normalized spacial score (nSPS) is 13.5. The van der Waals surface area contributed by atoms with Crippen molar-refractivity contribution in [1.82, 2.24) is 4.90 Å². The minimum absolute atomic E-state index is 0.164. The summed E-state index contributed by atoms with van der Waals surface area (Å²) in [5.41, 5.74) is 1.12. The van der Waals surface area contributed by atoms with Crippen LogP contribution in [0.5, 0.6) is 0 Å². The van der Waals surface area contributed by atoms with Crippen LogP contribution in [-0.4, -0.2) is 44.7 Å². The van der Waals surface area contributed by atoms with E-state index >= 15 is 0 Å². The van der Waals surface area contributed by atoms with Crippen LogP contribution in [0.15, 0.2) is 48.3 Å². The number of rotatable bonds is 5. The largest absolute Gasteiger partial charge is 0.494 e. The molecule has 1 aliphatic heterocycles. The van der Waals surface area contributed by atoms with Crippen molar-refractivity contribution >= 4 is 5.69 Å². The van der Waals surface area contributed by atoms with Gasteiger partial charge in [0.1, 0.15) is 11.6 Å². The van der Waals surface area contributed by atoms with Crippen molar-refractivity contribution in [3.05, 3.63) is 54.1 Å². The molecular weight excluding hydrogens is 375 g/mol. The fraction of sp³-hybridized carbons (Fsp3) is 0.538. The lowest BCUT2D eigenvalue weighted by atomic mass is 10.2. The molecule has 1 aromatic carbocycles. The van der Waals surface area contributed by atoms with Crippen LogP contribution < -0.4 is 4.90 Å². The first kappa shape index (κ1) is 29.9. The highest BCUT2D eigenvalue weighted by Gasteiger charge is 2.13. The lowest BCUT2D eigenvalue weighted by Crippen LogP contribution is -2.44. The molecule has 0 saturated carbocycles. The van der Waals surface area contributed by atoms with Gasteiger partial charge < -0.3 is 14.5 Å². The molecule has 0 spiro atoms. The molecule has 0 radical (unpaired) electrons. The topological polar surface area (TPSA) is 15.7 Å². The van der Waals surface area contributed by atoms with Crippen LogP contribution in [0.3, 0.4) is 0 Å². The molecule has 0 atom stereocenters. The molecule has 170 valence electrons. The van der Waals surface area contributed by atoms with E-state index in [9.17, 15) is 4.39 Å². The highest BCUT2D eigenvalue weighted by Crippen LogP contribution is 2.16. The standard InChI is InChI=1S/C11H15FN2.C9H16O.C4H6.C2H6/c1-13-6-8-14(9-7-13)11-4-2-10(12)3-5-11;1-4-7-9(6-3)10-8-5-2;1-3-4-2;1-2/h2-5H,6-9H2,1H3;4,6-7H,5,8H2,1-3H3;1-2H3;1-2H3/b;7-4-,9-6+;;. The van der Waals surface area contributed by atoms with E-state index in [0.29, 0.717) is 0 Å². The third-order valence-electron chi connectivity index (χ3n) is 4.03. The summed E-state index contributed by atoms with van der Waals surface area (Å²) in [6.07, 6.45) is 6.98. The number of ether oxygens (including phenoxy) is 1. The highest BCUT2D eigenvalue weighted by atomic mass is 19.1. The summed E-state index contributed by atoms with van der Waals surface area (Å²) < 4.78 is 18.0. The van der Waals surface area contributed by atoms with Crippen LogP contribution in [0.1, 0.15) is 54.9 Å². The summed E-state index contributed by atoms with van der Waals surface area (Å²) in [7, 11) is 2.13. The Morgan fingerprint density at radius 3 is 1.97 bits per heavy atom. The van der Waals surface area contributed by atoms with Crippen molar-refractivity contribution in [2.75, 3.05) is 44.7 Å². The number of anilines is 1. The van der Waals surface area contributed by atoms with Crippen molar-refractivity contribution in [2.24, 2.45) is 0 Å². The summed E-state index contributed by atoms with van der Waals surface area (Å²) in [5.74, 6) is 6.16. The van der Waals surface area contributed by atoms with E-state index in [1.165, 1.54) is 12.1 Å². The Morgan fingerprint density at radius 1 is 1.03 bits per heavy atom. The van der Waals surface area contributed by atoms with Crippen molar-refractivity contribution in [2.45, 2.75) is 54.9 Å². The number of allylic oxidation sites excluding steroid dienone is 3. The molecule has 4 heteroatoms. The first-order valence-corrected chi connectivity index (χ1v) is 11.0. The van der Waals surface area contributed by atoms with Gasteiger partial charge >= 0.3 is 0 Å². The zero-order chi connectivity index (χ0) is 23.2. The van der Waals surface area contributed by atoms with Gasteiger partial charge in [-0.25, -0.2) is 4.39 Å². The molecule has 0 amide bonds. The molecule has 0 N–H and O–H groups in total. The molecule has 0 unspecified atom stereocenters. The first-order chi connectivity index (χ1) is 14.5. The Bertz CT molecular complexity index is 613. The number of halogens is 1. The van der Waals surface area contributed by atoms with Crippen LogP contribution in [0.4, 0.5) is 10.1 Å². The van der Waals surface area contributed by atoms with E-state index in [2.05, 4.69) is 35.6 Å². The molecule has 1 fully saturated rings. The number of nitrogens with zero attached hydrogens (tertiary/aromatic N) is 2. The maximum absolute atomic E-state index is 12.7. The zero-order valence-electron chi connectivity index (χ0n) is 20.5. The van der Waals surface area contributed by atoms with Gasteiger partial charge in [-0.1, -0.05) is 26.8 Å². The summed E-state index contributed by atoms with van der Waals surface area (Å²) >= 11 is 0. The summed E-state index contributed by atoms with van der Waals surface area (Å²) in [6.45, 7) is 18.7. The molecule has 0 aliphatic carbocycles. The van der Waals surface area contributed by atoms with Crippen LogP contribution in [0.25, 0.3) is 0 Å². The van der Waals surface area contributed by atoms with E-state index < -0.39 is 0 Å². The van der Waals surface area contributed by atoms with Crippen LogP contribution in [0.2, 0.25) is 0 Å². The lowest BCUT2D eigenvalue weighted by molar-refractivity contribution is 0.224. The molecule has 0 aromatic heterocycles. The molecule has 1 saturated heterocycles. The van der Waals surface area contributed by atoms with Gasteiger partial charge in [-0.2, -0.15) is 0 Å². The smallest absolute Gasteiger partial charge is 0.123 e. The van der Waals surface area contributed by atoms with Gasteiger partial charge in [-0.3, -0.25) is 0 Å². The second kappa shape index (κ2) is 21.5. The highest BCUT2D eigenvalue weighted by molar-refractivity contribution is 5.46. The Labute approximate surface area is 185 Å². The predicted molar refractivity (Wildman–Crippen MR) is 131 cm³/mol. The summed E-state index contributed by atoms with van der Waals surface area (Å²) in [6, 6.07) is 6.74. The molecular formula is C26H43FN2O. The quantitative estimate of drug-likeness (QED) is 0.307. The monoisotopic (exact) mass is 418 g/mol. The van der Waals surface area contributed by atoms with Gasteiger partial charge in [0.15, 0.2) is 0 Å². The minimum Gasteiger partial charge on any atom is -0.494 e. The second-order valence-corrected chi connectivity index (χ2v) is 6.31. The molecule has 3 nitrogen and oxygen atoms in total. The van der Waals surface area contributed by atoms with E-state index in [4.69, 9.17) is 4.74 Å². The third-order valence-corrected chi connectivity index (χ3v) is 4.03. The van der Waals surface area contributed by atoms with Crippen LogP contribution >= 0.6 is 0 Å². The Morgan fingerprint density at radius 2 is 1.57 bits per heavy atom. The maximum Gasteiger partial charge on any atom is 0.123 e. The number of benzene rings is 1. The summed E-state index contributed by atoms with van der Waals surface area (Å²) in [4.78, 5) is 4.60. The van der Waals surface area contributed by atoms with E-state index in [-0.39, 0.29) is 5.82 Å². The SMILES string of the molecule is C/C=C\C(=C/C)OCCC.CC.CC#CC.CN1CCN(c2ccc(F)cc2)CC1.